The number of carbonyl (C=O) groups excluding carboxylic acids is 1. The molecule has 9 heteroatoms. The average molecular weight is 638 g/mol. The molecule has 240 valence electrons. The van der Waals surface area contributed by atoms with Crippen molar-refractivity contribution in [2.45, 2.75) is 83.6 Å². The first-order valence-corrected chi connectivity index (χ1v) is 19.7. The molecule has 1 fully saturated rings. The van der Waals surface area contributed by atoms with E-state index >= 15 is 0 Å². The summed E-state index contributed by atoms with van der Waals surface area (Å²) >= 11 is 0. The fourth-order valence-electron chi connectivity index (χ4n) is 5.95. The Kier molecular flexibility index (Phi) is 8.41. The summed E-state index contributed by atoms with van der Waals surface area (Å²) in [6, 6.07) is 22.4. The van der Waals surface area contributed by atoms with E-state index in [4.69, 9.17) is 13.9 Å². The predicted octanol–water partition coefficient (Wildman–Crippen LogP) is 8.69. The number of aromatic nitrogens is 2. The minimum atomic E-state index is -1.20. The maximum Gasteiger partial charge on any atom is 0.408 e. The smallest absolute Gasteiger partial charge is 0.408 e. The van der Waals surface area contributed by atoms with E-state index in [9.17, 15) is 9.59 Å². The summed E-state index contributed by atoms with van der Waals surface area (Å²) in [6.45, 7) is 13.7. The van der Waals surface area contributed by atoms with Gasteiger partial charge in [0.1, 0.15) is 23.6 Å². The molecule has 1 aliphatic rings. The van der Waals surface area contributed by atoms with Crippen LogP contribution in [0.2, 0.25) is 25.7 Å². The lowest BCUT2D eigenvalue weighted by molar-refractivity contribution is 0.0377. The van der Waals surface area contributed by atoms with Crippen LogP contribution in [0, 0.1) is 0 Å². The van der Waals surface area contributed by atoms with Crippen LogP contribution in [-0.2, 0) is 21.7 Å². The minimum absolute atomic E-state index is 0.124. The van der Waals surface area contributed by atoms with Crippen LogP contribution >= 0.6 is 0 Å². The molecule has 0 saturated heterocycles. The van der Waals surface area contributed by atoms with Gasteiger partial charge in [-0.15, -0.1) is 0 Å². The molecule has 3 aromatic carbocycles. The minimum Gasteiger partial charge on any atom is -0.453 e. The van der Waals surface area contributed by atoms with Crippen LogP contribution in [0.3, 0.4) is 0 Å². The first kappa shape index (κ1) is 31.8. The number of ether oxygens (including phenoxy) is 2. The Bertz CT molecular complexity index is 1930. The van der Waals surface area contributed by atoms with Gasteiger partial charge in [0.2, 0.25) is 5.43 Å². The monoisotopic (exact) mass is 637 g/mol. The summed E-state index contributed by atoms with van der Waals surface area (Å²) < 4.78 is 20.2. The number of nitrogens with zero attached hydrogens (tertiary/aromatic N) is 2. The summed E-state index contributed by atoms with van der Waals surface area (Å²) in [6.07, 6.45) is 3.98. The van der Waals surface area contributed by atoms with Gasteiger partial charge in [-0.05, 0) is 69.3 Å². The number of fused-ring (bicyclic) bond motifs is 3. The summed E-state index contributed by atoms with van der Waals surface area (Å²) in [5.74, 6) is 0.490. The van der Waals surface area contributed by atoms with Gasteiger partial charge in [-0.1, -0.05) is 74.2 Å². The highest BCUT2D eigenvalue weighted by Gasteiger charge is 2.41. The van der Waals surface area contributed by atoms with Gasteiger partial charge >= 0.3 is 6.09 Å². The molecule has 0 unspecified atom stereocenters. The van der Waals surface area contributed by atoms with Crippen molar-refractivity contribution in [3.8, 4) is 22.5 Å². The van der Waals surface area contributed by atoms with E-state index in [0.717, 1.165) is 47.5 Å². The largest absolute Gasteiger partial charge is 0.453 e. The van der Waals surface area contributed by atoms with Crippen LogP contribution in [0.25, 0.3) is 44.5 Å². The third-order valence-electron chi connectivity index (χ3n) is 8.58. The molecule has 0 bridgehead atoms. The Morgan fingerprint density at radius 2 is 1.72 bits per heavy atom. The molecule has 1 saturated carbocycles. The zero-order valence-corrected chi connectivity index (χ0v) is 28.6. The molecular weight excluding hydrogens is 595 g/mol. The average Bonchev–Trinajstić information content (AvgIpc) is 3.40. The van der Waals surface area contributed by atoms with Gasteiger partial charge < -0.3 is 23.8 Å². The second-order valence-electron chi connectivity index (χ2n) is 14.5. The fraction of sp³-hybridized carbons (Fsp3) is 0.378. The highest BCUT2D eigenvalue weighted by Crippen LogP contribution is 2.43. The van der Waals surface area contributed by atoms with Gasteiger partial charge in [0.25, 0.3) is 0 Å². The van der Waals surface area contributed by atoms with E-state index in [1.165, 1.54) is 0 Å². The molecule has 2 heterocycles. The summed E-state index contributed by atoms with van der Waals surface area (Å²) in [5, 5.41) is 3.59. The van der Waals surface area contributed by atoms with Gasteiger partial charge in [-0.3, -0.25) is 4.79 Å². The van der Waals surface area contributed by atoms with E-state index in [1.54, 1.807) is 6.33 Å². The third-order valence-corrected chi connectivity index (χ3v) is 10.3. The summed E-state index contributed by atoms with van der Waals surface area (Å²) in [4.78, 5) is 31.7. The van der Waals surface area contributed by atoms with Gasteiger partial charge in [-0.25, -0.2) is 9.78 Å². The summed E-state index contributed by atoms with van der Waals surface area (Å²) in [7, 11) is -1.20. The van der Waals surface area contributed by atoms with Crippen molar-refractivity contribution < 1.29 is 18.7 Å². The van der Waals surface area contributed by atoms with E-state index in [0.29, 0.717) is 41.1 Å². The number of carbonyl (C=O) groups is 1. The van der Waals surface area contributed by atoms with Gasteiger partial charge in [0, 0.05) is 20.2 Å². The van der Waals surface area contributed by atoms with E-state index in [2.05, 4.69) is 29.9 Å². The second kappa shape index (κ2) is 12.2. The van der Waals surface area contributed by atoms with Crippen LogP contribution in [0.5, 0.6) is 0 Å². The number of alkyl carbamates (subject to hydrolysis) is 1. The molecule has 0 radical (unpaired) electrons. The molecule has 1 amide bonds. The number of benzene rings is 3. The number of hydrogen-bond donors (Lipinski definition) is 1. The zero-order valence-electron chi connectivity index (χ0n) is 27.6. The second-order valence-corrected chi connectivity index (χ2v) is 20.1. The van der Waals surface area contributed by atoms with Gasteiger partial charge in [-0.2, -0.15) is 0 Å². The Balaban J connectivity index is 1.38. The lowest BCUT2D eigenvalue weighted by atomic mass is 9.71. The van der Waals surface area contributed by atoms with Crippen molar-refractivity contribution >= 4 is 36.2 Å². The van der Waals surface area contributed by atoms with E-state index in [1.807, 2.05) is 92.1 Å². The van der Waals surface area contributed by atoms with E-state index < -0.39 is 25.3 Å². The van der Waals surface area contributed by atoms with E-state index in [-0.39, 0.29) is 5.43 Å². The Morgan fingerprint density at radius 3 is 2.35 bits per heavy atom. The molecule has 5 aromatic rings. The molecular formula is C37H43N3O5Si. The van der Waals surface area contributed by atoms with Crippen LogP contribution in [0.4, 0.5) is 4.79 Å². The van der Waals surface area contributed by atoms with Crippen LogP contribution < -0.4 is 10.7 Å². The Hall–Kier alpha value is -4.21. The Labute approximate surface area is 270 Å². The molecule has 8 nitrogen and oxygen atoms in total. The number of amides is 1. The maximum atomic E-state index is 14.3. The highest BCUT2D eigenvalue weighted by molar-refractivity contribution is 6.76. The number of hydrogen-bond acceptors (Lipinski definition) is 6. The van der Waals surface area contributed by atoms with Gasteiger partial charge in [0.05, 0.1) is 28.3 Å². The third kappa shape index (κ3) is 6.52. The van der Waals surface area contributed by atoms with Crippen molar-refractivity contribution in [2.24, 2.45) is 0 Å². The van der Waals surface area contributed by atoms with Crippen molar-refractivity contribution in [1.82, 2.24) is 14.9 Å². The predicted molar refractivity (Wildman–Crippen MR) is 186 cm³/mol. The first-order valence-electron chi connectivity index (χ1n) is 16.0. The lowest BCUT2D eigenvalue weighted by Crippen LogP contribution is -2.52. The molecule has 0 atom stereocenters. The quantitative estimate of drug-likeness (QED) is 0.128. The molecule has 1 N–H and O–H groups in total. The maximum absolute atomic E-state index is 14.3. The SMILES string of the molecule is CC(C)(C)OC(=O)NC1(c2ccc(-c3c(-c4ccccc4)oc4c(ccc5c4ncn5COCC[Si](C)(C)C)c3=O)cc2)CCC1. The Morgan fingerprint density at radius 1 is 1.00 bits per heavy atom. The molecule has 6 rings (SSSR count). The van der Waals surface area contributed by atoms with Crippen molar-refractivity contribution in [3.63, 3.8) is 0 Å². The van der Waals surface area contributed by atoms with Crippen LogP contribution in [0.15, 0.2) is 82.3 Å². The standard InChI is InChI=1S/C37H43N3O5Si/c1-36(2,3)45-35(42)39-37(19-10-20-37)27-15-13-25(14-16-27)30-32(41)28-17-18-29-31(34(28)44-33(30)26-11-8-7-9-12-26)38-23-40(29)24-43-21-22-46(4,5)6/h7-9,11-18,23H,10,19-22,24H2,1-6H3,(H,39,42). The van der Waals surface area contributed by atoms with Crippen molar-refractivity contribution in [2.75, 3.05) is 6.61 Å². The number of rotatable bonds is 9. The van der Waals surface area contributed by atoms with Crippen LogP contribution in [-0.4, -0.2) is 35.9 Å². The molecule has 1 aliphatic carbocycles. The number of nitrogens with one attached hydrogen (secondary N) is 1. The first-order chi connectivity index (χ1) is 21.8. The van der Waals surface area contributed by atoms with Crippen molar-refractivity contribution in [1.29, 1.82) is 0 Å². The number of imidazole rings is 1. The molecule has 0 aliphatic heterocycles. The van der Waals surface area contributed by atoms with Crippen molar-refractivity contribution in [3.05, 3.63) is 88.8 Å². The van der Waals surface area contributed by atoms with Crippen LogP contribution in [0.1, 0.15) is 45.6 Å². The highest BCUT2D eigenvalue weighted by atomic mass is 28.3. The molecule has 2 aromatic heterocycles. The zero-order chi connectivity index (χ0) is 32.7. The topological polar surface area (TPSA) is 95.6 Å². The molecule has 0 spiro atoms. The summed E-state index contributed by atoms with van der Waals surface area (Å²) in [5.41, 5.74) is 3.76. The fourth-order valence-corrected chi connectivity index (χ4v) is 6.71. The molecule has 46 heavy (non-hydrogen) atoms. The lowest BCUT2D eigenvalue weighted by Gasteiger charge is -2.43. The normalized spacial score (nSPS) is 14.7. The van der Waals surface area contributed by atoms with Gasteiger partial charge in [0.15, 0.2) is 5.58 Å².